The number of aliphatic carboxylic acids is 1. The molecule has 0 bridgehead atoms. The van der Waals surface area contributed by atoms with Crippen LogP contribution in [0.3, 0.4) is 0 Å². The summed E-state index contributed by atoms with van der Waals surface area (Å²) in [4.78, 5) is 25.0. The highest BCUT2D eigenvalue weighted by Crippen LogP contribution is 2.27. The number of amides is 1. The van der Waals surface area contributed by atoms with Gasteiger partial charge in [0, 0.05) is 6.20 Å². The molecule has 1 amide bonds. The standard InChI is InChI=1S/C26H28N2O4S/c1-18(2)15-23(28-14-7-6-13-24(28)33)26(31)27-22(17-25(29)30)19-9-8-12-21(16-19)32-20-10-4-3-5-11-20/h3-14,16,18,22-23H,15,17H2,1-2H3,(H,27,31)(H,29,30). The van der Waals surface area contributed by atoms with E-state index in [1.54, 1.807) is 41.1 Å². The van der Waals surface area contributed by atoms with Gasteiger partial charge in [0.05, 0.1) is 12.5 Å². The maximum absolute atomic E-state index is 13.4. The lowest BCUT2D eigenvalue weighted by atomic mass is 9.99. The van der Waals surface area contributed by atoms with E-state index in [0.717, 1.165) is 0 Å². The zero-order valence-corrected chi connectivity index (χ0v) is 19.5. The van der Waals surface area contributed by atoms with Crippen molar-refractivity contribution >= 4 is 24.1 Å². The molecule has 172 valence electrons. The van der Waals surface area contributed by atoms with Gasteiger partial charge in [-0.3, -0.25) is 9.59 Å². The van der Waals surface area contributed by atoms with Crippen LogP contribution in [0.25, 0.3) is 0 Å². The molecule has 2 aromatic carbocycles. The highest BCUT2D eigenvalue weighted by molar-refractivity contribution is 7.71. The molecule has 1 aromatic heterocycles. The third kappa shape index (κ3) is 7.02. The quantitative estimate of drug-likeness (QED) is 0.364. The SMILES string of the molecule is CC(C)CC(C(=O)NC(CC(=O)O)c1cccc(Oc2ccccc2)c1)n1ccccc1=S. The first-order chi connectivity index (χ1) is 15.8. The Hall–Kier alpha value is -3.45. The molecule has 0 saturated heterocycles. The monoisotopic (exact) mass is 464 g/mol. The fourth-order valence-electron chi connectivity index (χ4n) is 3.60. The average molecular weight is 465 g/mol. The molecule has 0 aliphatic heterocycles. The van der Waals surface area contributed by atoms with Crippen molar-refractivity contribution in [2.45, 2.75) is 38.8 Å². The normalized spacial score (nSPS) is 12.7. The summed E-state index contributed by atoms with van der Waals surface area (Å²) in [6.45, 7) is 4.07. The fourth-order valence-corrected chi connectivity index (χ4v) is 3.87. The number of carboxylic acid groups (broad SMARTS) is 1. The van der Waals surface area contributed by atoms with E-state index in [2.05, 4.69) is 5.32 Å². The summed E-state index contributed by atoms with van der Waals surface area (Å²) >= 11 is 5.43. The van der Waals surface area contributed by atoms with Gasteiger partial charge < -0.3 is 19.7 Å². The van der Waals surface area contributed by atoms with Crippen molar-refractivity contribution in [2.75, 3.05) is 0 Å². The second-order valence-electron chi connectivity index (χ2n) is 8.24. The number of carbonyl (C=O) groups is 2. The van der Waals surface area contributed by atoms with Crippen LogP contribution < -0.4 is 10.1 Å². The van der Waals surface area contributed by atoms with Gasteiger partial charge in [-0.1, -0.05) is 62.5 Å². The molecular formula is C26H28N2O4S. The Morgan fingerprint density at radius 1 is 1.00 bits per heavy atom. The predicted molar refractivity (Wildman–Crippen MR) is 130 cm³/mol. The molecule has 2 atom stereocenters. The van der Waals surface area contributed by atoms with E-state index in [0.29, 0.717) is 28.1 Å². The predicted octanol–water partition coefficient (Wildman–Crippen LogP) is 5.93. The largest absolute Gasteiger partial charge is 0.481 e. The minimum Gasteiger partial charge on any atom is -0.481 e. The van der Waals surface area contributed by atoms with Crippen LogP contribution in [0.5, 0.6) is 11.5 Å². The van der Waals surface area contributed by atoms with Gasteiger partial charge >= 0.3 is 5.97 Å². The lowest BCUT2D eigenvalue weighted by Crippen LogP contribution is -2.37. The van der Waals surface area contributed by atoms with Crippen molar-refractivity contribution in [3.8, 4) is 11.5 Å². The number of carbonyl (C=O) groups excluding carboxylic acids is 1. The van der Waals surface area contributed by atoms with Crippen LogP contribution in [-0.2, 0) is 9.59 Å². The second-order valence-corrected chi connectivity index (χ2v) is 8.66. The van der Waals surface area contributed by atoms with Gasteiger partial charge in [-0.25, -0.2) is 0 Å². The average Bonchev–Trinajstić information content (AvgIpc) is 2.78. The van der Waals surface area contributed by atoms with Gasteiger partial charge in [0.25, 0.3) is 0 Å². The van der Waals surface area contributed by atoms with Crippen LogP contribution in [-0.4, -0.2) is 21.6 Å². The van der Waals surface area contributed by atoms with Crippen molar-refractivity contribution in [2.24, 2.45) is 5.92 Å². The summed E-state index contributed by atoms with van der Waals surface area (Å²) in [7, 11) is 0. The summed E-state index contributed by atoms with van der Waals surface area (Å²) in [5, 5.41) is 12.4. The molecule has 7 heteroatoms. The Balaban J connectivity index is 1.87. The molecule has 0 aliphatic rings. The third-order valence-corrected chi connectivity index (χ3v) is 5.47. The lowest BCUT2D eigenvalue weighted by Gasteiger charge is -2.25. The Kier molecular flexibility index (Phi) is 8.38. The van der Waals surface area contributed by atoms with Crippen LogP contribution in [0.2, 0.25) is 0 Å². The van der Waals surface area contributed by atoms with Crippen molar-refractivity contribution in [1.29, 1.82) is 0 Å². The first kappa shape index (κ1) is 24.2. The number of nitrogens with one attached hydrogen (secondary N) is 1. The number of benzene rings is 2. The molecular weight excluding hydrogens is 436 g/mol. The van der Waals surface area contributed by atoms with Gasteiger partial charge in [0.1, 0.15) is 22.2 Å². The number of aromatic nitrogens is 1. The summed E-state index contributed by atoms with van der Waals surface area (Å²) < 4.78 is 8.20. The van der Waals surface area contributed by atoms with E-state index in [9.17, 15) is 14.7 Å². The van der Waals surface area contributed by atoms with Crippen LogP contribution in [0, 0.1) is 10.6 Å². The van der Waals surface area contributed by atoms with Crippen LogP contribution in [0.4, 0.5) is 0 Å². The number of para-hydroxylation sites is 1. The molecule has 0 aliphatic carbocycles. The Bertz CT molecular complexity index is 1140. The zero-order chi connectivity index (χ0) is 23.8. The first-order valence-corrected chi connectivity index (χ1v) is 11.3. The highest BCUT2D eigenvalue weighted by Gasteiger charge is 2.26. The molecule has 33 heavy (non-hydrogen) atoms. The van der Waals surface area contributed by atoms with Gasteiger partial charge in [-0.15, -0.1) is 0 Å². The molecule has 0 fully saturated rings. The summed E-state index contributed by atoms with van der Waals surface area (Å²) in [6, 6.07) is 20.6. The minimum atomic E-state index is -1.01. The van der Waals surface area contributed by atoms with E-state index >= 15 is 0 Å². The number of carboxylic acids is 1. The van der Waals surface area contributed by atoms with Gasteiger partial charge in [0.2, 0.25) is 5.91 Å². The Labute approximate surface area is 198 Å². The molecule has 1 heterocycles. The number of nitrogens with zero attached hydrogens (tertiary/aromatic N) is 1. The van der Waals surface area contributed by atoms with E-state index in [4.69, 9.17) is 17.0 Å². The Morgan fingerprint density at radius 3 is 2.36 bits per heavy atom. The number of rotatable bonds is 10. The number of hydrogen-bond donors (Lipinski definition) is 2. The molecule has 2 N–H and O–H groups in total. The first-order valence-electron chi connectivity index (χ1n) is 10.9. The van der Waals surface area contributed by atoms with Crippen molar-refractivity contribution < 1.29 is 19.4 Å². The number of ether oxygens (including phenoxy) is 1. The maximum atomic E-state index is 13.4. The summed E-state index contributed by atoms with van der Waals surface area (Å²) in [5.41, 5.74) is 0.652. The lowest BCUT2D eigenvalue weighted by molar-refractivity contribution is -0.138. The minimum absolute atomic E-state index is 0.239. The topological polar surface area (TPSA) is 80.6 Å². The molecule has 2 unspecified atom stereocenters. The molecule has 0 spiro atoms. The number of hydrogen-bond acceptors (Lipinski definition) is 4. The molecule has 3 aromatic rings. The van der Waals surface area contributed by atoms with E-state index in [-0.39, 0.29) is 18.2 Å². The highest BCUT2D eigenvalue weighted by atomic mass is 32.1. The van der Waals surface area contributed by atoms with Crippen LogP contribution in [0.15, 0.2) is 79.0 Å². The molecule has 0 radical (unpaired) electrons. The van der Waals surface area contributed by atoms with Crippen LogP contribution >= 0.6 is 12.2 Å². The summed E-state index contributed by atoms with van der Waals surface area (Å²) in [5.74, 6) is 0.192. The van der Waals surface area contributed by atoms with Gasteiger partial charge in [-0.05, 0) is 54.3 Å². The van der Waals surface area contributed by atoms with Crippen molar-refractivity contribution in [3.05, 3.63) is 89.2 Å². The van der Waals surface area contributed by atoms with Gasteiger partial charge in [-0.2, -0.15) is 0 Å². The van der Waals surface area contributed by atoms with E-state index < -0.39 is 18.1 Å². The molecule has 0 saturated carbocycles. The molecule has 3 rings (SSSR count). The Morgan fingerprint density at radius 2 is 1.70 bits per heavy atom. The number of pyridine rings is 1. The van der Waals surface area contributed by atoms with Crippen molar-refractivity contribution in [1.82, 2.24) is 9.88 Å². The third-order valence-electron chi connectivity index (χ3n) is 5.12. The maximum Gasteiger partial charge on any atom is 0.305 e. The smallest absolute Gasteiger partial charge is 0.305 e. The van der Waals surface area contributed by atoms with E-state index in [1.165, 1.54) is 0 Å². The summed E-state index contributed by atoms with van der Waals surface area (Å²) in [6.07, 6.45) is 2.10. The van der Waals surface area contributed by atoms with Crippen LogP contribution in [0.1, 0.15) is 44.3 Å². The molecule has 6 nitrogen and oxygen atoms in total. The zero-order valence-electron chi connectivity index (χ0n) is 18.7. The van der Waals surface area contributed by atoms with Crippen molar-refractivity contribution in [3.63, 3.8) is 0 Å². The second kappa shape index (κ2) is 11.4. The van der Waals surface area contributed by atoms with Gasteiger partial charge in [0.15, 0.2) is 0 Å². The van der Waals surface area contributed by atoms with E-state index in [1.807, 2.05) is 56.3 Å². The fraction of sp³-hybridized carbons (Fsp3) is 0.269.